The molecular formula is C13H21NO4S. The first-order valence-corrected chi connectivity index (χ1v) is 8.02. The van der Waals surface area contributed by atoms with E-state index in [-0.39, 0.29) is 12.0 Å². The van der Waals surface area contributed by atoms with Crippen molar-refractivity contribution in [2.75, 3.05) is 18.1 Å². The van der Waals surface area contributed by atoms with Crippen LogP contribution in [-0.4, -0.2) is 46.7 Å². The summed E-state index contributed by atoms with van der Waals surface area (Å²) in [6, 6.07) is 0. The van der Waals surface area contributed by atoms with E-state index >= 15 is 0 Å². The van der Waals surface area contributed by atoms with Gasteiger partial charge in [-0.15, -0.1) is 0 Å². The van der Waals surface area contributed by atoms with E-state index in [1.54, 1.807) is 11.8 Å². The van der Waals surface area contributed by atoms with Crippen LogP contribution in [0, 0.1) is 0 Å². The smallest absolute Gasteiger partial charge is 0.330 e. The lowest BCUT2D eigenvalue weighted by Crippen LogP contribution is -2.54. The van der Waals surface area contributed by atoms with Crippen molar-refractivity contribution in [3.05, 3.63) is 0 Å². The van der Waals surface area contributed by atoms with Gasteiger partial charge in [0.1, 0.15) is 5.54 Å². The van der Waals surface area contributed by atoms with Crippen molar-refractivity contribution in [1.29, 1.82) is 0 Å². The Bertz CT molecular complexity index is 336. The summed E-state index contributed by atoms with van der Waals surface area (Å²) in [5.41, 5.74) is -1.05. The number of hydrogen-bond acceptors (Lipinski definition) is 4. The van der Waals surface area contributed by atoms with Crippen LogP contribution >= 0.6 is 11.8 Å². The highest BCUT2D eigenvalue weighted by atomic mass is 32.2. The van der Waals surface area contributed by atoms with Gasteiger partial charge in [0.15, 0.2) is 0 Å². The number of hydrogen-bond donors (Lipinski definition) is 2. The SMILES string of the molecule is O=C(CC[C@H]1CCCCO1)N[C@@]1(C(=O)O)CCSC1. The molecule has 0 aromatic rings. The summed E-state index contributed by atoms with van der Waals surface area (Å²) >= 11 is 1.58. The molecule has 19 heavy (non-hydrogen) atoms. The normalized spacial score (nSPS) is 31.1. The average molecular weight is 287 g/mol. The molecule has 6 heteroatoms. The standard InChI is InChI=1S/C13H21NO4S/c15-11(5-4-10-3-1-2-7-18-10)14-13(12(16)17)6-8-19-9-13/h10H,1-9H2,(H,14,15)(H,16,17)/t10-,13+/m1/s1. The maximum Gasteiger partial charge on any atom is 0.330 e. The zero-order valence-electron chi connectivity index (χ0n) is 11.0. The van der Waals surface area contributed by atoms with Gasteiger partial charge in [-0.2, -0.15) is 11.8 Å². The quantitative estimate of drug-likeness (QED) is 0.799. The molecule has 2 rings (SSSR count). The van der Waals surface area contributed by atoms with Gasteiger partial charge in [-0.1, -0.05) is 0 Å². The van der Waals surface area contributed by atoms with Crippen LogP contribution in [0.15, 0.2) is 0 Å². The molecule has 2 heterocycles. The number of thioether (sulfide) groups is 1. The number of aliphatic carboxylic acids is 1. The minimum Gasteiger partial charge on any atom is -0.479 e. The van der Waals surface area contributed by atoms with Crippen LogP contribution in [0.2, 0.25) is 0 Å². The fraction of sp³-hybridized carbons (Fsp3) is 0.846. The van der Waals surface area contributed by atoms with E-state index in [4.69, 9.17) is 4.74 Å². The molecule has 0 bridgehead atoms. The van der Waals surface area contributed by atoms with Crippen molar-refractivity contribution in [2.45, 2.75) is 50.2 Å². The minimum absolute atomic E-state index is 0.165. The molecule has 2 saturated heterocycles. The first kappa shape index (κ1) is 14.7. The molecular weight excluding hydrogens is 266 g/mol. The van der Waals surface area contributed by atoms with Crippen molar-refractivity contribution in [3.8, 4) is 0 Å². The third-order valence-electron chi connectivity index (χ3n) is 3.78. The van der Waals surface area contributed by atoms with E-state index in [0.29, 0.717) is 25.0 Å². The summed E-state index contributed by atoms with van der Waals surface area (Å²) in [5.74, 6) is 0.172. The summed E-state index contributed by atoms with van der Waals surface area (Å²) in [4.78, 5) is 23.2. The highest BCUT2D eigenvalue weighted by molar-refractivity contribution is 7.99. The summed E-state index contributed by atoms with van der Waals surface area (Å²) in [7, 11) is 0. The molecule has 2 aliphatic heterocycles. The fourth-order valence-corrected chi connectivity index (χ4v) is 3.87. The van der Waals surface area contributed by atoms with Gasteiger partial charge in [-0.25, -0.2) is 4.79 Å². The molecule has 0 aromatic carbocycles. The number of rotatable bonds is 5. The molecule has 0 unspecified atom stereocenters. The van der Waals surface area contributed by atoms with Crippen molar-refractivity contribution in [3.63, 3.8) is 0 Å². The number of nitrogens with one attached hydrogen (secondary N) is 1. The van der Waals surface area contributed by atoms with Gasteiger partial charge in [0.2, 0.25) is 5.91 Å². The second-order valence-electron chi connectivity index (χ2n) is 5.27. The van der Waals surface area contributed by atoms with Crippen LogP contribution in [0.3, 0.4) is 0 Å². The molecule has 0 aliphatic carbocycles. The van der Waals surface area contributed by atoms with Crippen LogP contribution in [0.4, 0.5) is 0 Å². The topological polar surface area (TPSA) is 75.6 Å². The highest BCUT2D eigenvalue weighted by Crippen LogP contribution is 2.28. The maximum atomic E-state index is 11.9. The van der Waals surface area contributed by atoms with Crippen molar-refractivity contribution in [2.24, 2.45) is 0 Å². The molecule has 2 atom stereocenters. The third-order valence-corrected chi connectivity index (χ3v) is 4.97. The Morgan fingerprint density at radius 3 is 2.84 bits per heavy atom. The van der Waals surface area contributed by atoms with Crippen molar-refractivity contribution < 1.29 is 19.4 Å². The zero-order valence-corrected chi connectivity index (χ0v) is 11.8. The molecule has 2 aliphatic rings. The zero-order chi connectivity index (χ0) is 13.7. The van der Waals surface area contributed by atoms with E-state index in [2.05, 4.69) is 5.32 Å². The Hall–Kier alpha value is -0.750. The van der Waals surface area contributed by atoms with Gasteiger partial charge in [-0.05, 0) is 37.9 Å². The number of amides is 1. The highest BCUT2D eigenvalue weighted by Gasteiger charge is 2.43. The first-order chi connectivity index (χ1) is 9.12. The molecule has 0 saturated carbocycles. The Morgan fingerprint density at radius 1 is 1.42 bits per heavy atom. The second-order valence-corrected chi connectivity index (χ2v) is 6.37. The van der Waals surface area contributed by atoms with Gasteiger partial charge >= 0.3 is 5.97 Å². The van der Waals surface area contributed by atoms with Crippen LogP contribution in [-0.2, 0) is 14.3 Å². The lowest BCUT2D eigenvalue weighted by molar-refractivity contribution is -0.146. The Morgan fingerprint density at radius 2 is 2.26 bits per heavy atom. The predicted octanol–water partition coefficient (Wildman–Crippen LogP) is 1.41. The molecule has 2 fully saturated rings. The number of carboxylic acid groups (broad SMARTS) is 1. The van der Waals surface area contributed by atoms with Crippen molar-refractivity contribution in [1.82, 2.24) is 5.32 Å². The van der Waals surface area contributed by atoms with E-state index in [0.717, 1.165) is 31.6 Å². The molecule has 0 spiro atoms. The number of ether oxygens (including phenoxy) is 1. The summed E-state index contributed by atoms with van der Waals surface area (Å²) < 4.78 is 5.57. The number of carbonyl (C=O) groups is 2. The summed E-state index contributed by atoms with van der Waals surface area (Å²) in [6.07, 6.45) is 4.98. The number of carbonyl (C=O) groups excluding carboxylic acids is 1. The summed E-state index contributed by atoms with van der Waals surface area (Å²) in [6.45, 7) is 0.780. The third kappa shape index (κ3) is 3.86. The molecule has 2 N–H and O–H groups in total. The van der Waals surface area contributed by atoms with E-state index < -0.39 is 11.5 Å². The minimum atomic E-state index is -1.05. The van der Waals surface area contributed by atoms with Gasteiger partial charge in [0.25, 0.3) is 0 Å². The van der Waals surface area contributed by atoms with Crippen LogP contribution in [0.5, 0.6) is 0 Å². The van der Waals surface area contributed by atoms with Crippen LogP contribution in [0.1, 0.15) is 38.5 Å². The van der Waals surface area contributed by atoms with Crippen LogP contribution < -0.4 is 5.32 Å². The Balaban J connectivity index is 1.78. The average Bonchev–Trinajstić information content (AvgIpc) is 2.87. The predicted molar refractivity (Wildman–Crippen MR) is 73.3 cm³/mol. The second kappa shape index (κ2) is 6.61. The van der Waals surface area contributed by atoms with Gasteiger partial charge in [0, 0.05) is 18.8 Å². The van der Waals surface area contributed by atoms with E-state index in [1.165, 1.54) is 0 Å². The van der Waals surface area contributed by atoms with Gasteiger partial charge in [-0.3, -0.25) is 4.79 Å². The number of carboxylic acids is 1. The largest absolute Gasteiger partial charge is 0.479 e. The first-order valence-electron chi connectivity index (χ1n) is 6.86. The summed E-state index contributed by atoms with van der Waals surface area (Å²) in [5, 5.41) is 12.0. The molecule has 108 valence electrons. The van der Waals surface area contributed by atoms with Crippen molar-refractivity contribution >= 4 is 23.6 Å². The lowest BCUT2D eigenvalue weighted by atomic mass is 9.98. The lowest BCUT2D eigenvalue weighted by Gasteiger charge is -2.26. The molecule has 1 amide bonds. The fourth-order valence-electron chi connectivity index (χ4n) is 2.54. The Kier molecular flexibility index (Phi) is 5.10. The Labute approximate surface area is 117 Å². The molecule has 5 nitrogen and oxygen atoms in total. The van der Waals surface area contributed by atoms with Gasteiger partial charge in [0.05, 0.1) is 6.10 Å². The van der Waals surface area contributed by atoms with E-state index in [1.807, 2.05) is 0 Å². The molecule has 0 radical (unpaired) electrons. The molecule has 0 aromatic heterocycles. The van der Waals surface area contributed by atoms with Gasteiger partial charge < -0.3 is 15.2 Å². The van der Waals surface area contributed by atoms with Crippen LogP contribution in [0.25, 0.3) is 0 Å². The van der Waals surface area contributed by atoms with E-state index in [9.17, 15) is 14.7 Å². The maximum absolute atomic E-state index is 11.9. The monoisotopic (exact) mass is 287 g/mol.